The molecule has 0 spiro atoms. The summed E-state index contributed by atoms with van der Waals surface area (Å²) in [4.78, 5) is 17.4. The summed E-state index contributed by atoms with van der Waals surface area (Å²) in [6.45, 7) is 6.86. The fourth-order valence-electron chi connectivity index (χ4n) is 1.63. The Kier molecular flexibility index (Phi) is 3.25. The van der Waals surface area contributed by atoms with Crippen molar-refractivity contribution in [3.05, 3.63) is 11.7 Å². The van der Waals surface area contributed by atoms with E-state index in [9.17, 15) is 4.79 Å². The minimum absolute atomic E-state index is 0.0883. The van der Waals surface area contributed by atoms with Gasteiger partial charge in [-0.15, -0.1) is 0 Å². The molecule has 1 aromatic rings. The first-order valence-corrected chi connectivity index (χ1v) is 5.89. The molecule has 2 heterocycles. The van der Waals surface area contributed by atoms with Gasteiger partial charge in [-0.3, -0.25) is 0 Å². The first-order chi connectivity index (χ1) is 8.39. The molecule has 7 heteroatoms. The molecule has 1 aliphatic rings. The van der Waals surface area contributed by atoms with Gasteiger partial charge < -0.3 is 19.9 Å². The number of amides is 1. The van der Waals surface area contributed by atoms with Crippen LogP contribution >= 0.6 is 0 Å². The van der Waals surface area contributed by atoms with E-state index in [1.54, 1.807) is 4.90 Å². The Labute approximate surface area is 105 Å². The van der Waals surface area contributed by atoms with Crippen molar-refractivity contribution < 1.29 is 14.1 Å². The van der Waals surface area contributed by atoms with Gasteiger partial charge >= 0.3 is 6.09 Å². The summed E-state index contributed by atoms with van der Waals surface area (Å²) in [5.74, 6) is 1.11. The summed E-state index contributed by atoms with van der Waals surface area (Å²) >= 11 is 0. The number of nitrogens with two attached hydrogens (primary N) is 1. The van der Waals surface area contributed by atoms with Gasteiger partial charge in [0.2, 0.25) is 5.89 Å². The molecule has 7 nitrogen and oxygen atoms in total. The SMILES string of the molecule is CC(C)(C)OC(=O)N1CC(c2nc(CN)no2)C1. The second-order valence-electron chi connectivity index (χ2n) is 5.34. The van der Waals surface area contributed by atoms with Crippen molar-refractivity contribution in [2.24, 2.45) is 5.73 Å². The predicted octanol–water partition coefficient (Wildman–Crippen LogP) is 0.863. The summed E-state index contributed by atoms with van der Waals surface area (Å²) in [6, 6.07) is 0. The number of nitrogens with zero attached hydrogens (tertiary/aromatic N) is 3. The van der Waals surface area contributed by atoms with Crippen molar-refractivity contribution in [2.75, 3.05) is 13.1 Å². The van der Waals surface area contributed by atoms with E-state index in [-0.39, 0.29) is 18.6 Å². The monoisotopic (exact) mass is 254 g/mol. The number of ether oxygens (including phenoxy) is 1. The molecule has 18 heavy (non-hydrogen) atoms. The molecule has 0 saturated carbocycles. The van der Waals surface area contributed by atoms with Gasteiger partial charge in [-0.2, -0.15) is 4.98 Å². The summed E-state index contributed by atoms with van der Waals surface area (Å²) in [5.41, 5.74) is 4.93. The van der Waals surface area contributed by atoms with Gasteiger partial charge in [0.25, 0.3) is 0 Å². The van der Waals surface area contributed by atoms with E-state index in [1.807, 2.05) is 20.8 Å². The largest absolute Gasteiger partial charge is 0.444 e. The van der Waals surface area contributed by atoms with E-state index in [0.29, 0.717) is 24.8 Å². The highest BCUT2D eigenvalue weighted by molar-refractivity contribution is 5.69. The molecule has 1 saturated heterocycles. The molecule has 0 aromatic carbocycles. The molecule has 0 atom stereocenters. The number of hydrogen-bond donors (Lipinski definition) is 1. The van der Waals surface area contributed by atoms with E-state index < -0.39 is 5.60 Å². The van der Waals surface area contributed by atoms with Crippen LogP contribution in [0.4, 0.5) is 4.79 Å². The molecule has 1 amide bonds. The molecule has 1 fully saturated rings. The quantitative estimate of drug-likeness (QED) is 0.841. The zero-order valence-corrected chi connectivity index (χ0v) is 10.8. The first-order valence-electron chi connectivity index (χ1n) is 5.89. The Morgan fingerprint density at radius 2 is 2.22 bits per heavy atom. The van der Waals surface area contributed by atoms with E-state index in [0.717, 1.165) is 0 Å². The lowest BCUT2D eigenvalue weighted by molar-refractivity contribution is 0.00558. The summed E-state index contributed by atoms with van der Waals surface area (Å²) < 4.78 is 10.3. The number of rotatable bonds is 2. The molecule has 0 aliphatic carbocycles. The smallest absolute Gasteiger partial charge is 0.410 e. The normalized spacial score (nSPS) is 16.6. The molecule has 1 aromatic heterocycles. The second kappa shape index (κ2) is 4.56. The van der Waals surface area contributed by atoms with Crippen molar-refractivity contribution in [2.45, 2.75) is 38.8 Å². The first kappa shape index (κ1) is 12.8. The number of hydrogen-bond acceptors (Lipinski definition) is 6. The molecule has 2 rings (SSSR count). The summed E-state index contributed by atoms with van der Waals surface area (Å²) in [5, 5.41) is 3.72. The van der Waals surface area contributed by atoms with Crippen LogP contribution in [0.1, 0.15) is 38.4 Å². The lowest BCUT2D eigenvalue weighted by atomic mass is 10.0. The third-order valence-electron chi connectivity index (χ3n) is 2.55. The number of carbonyl (C=O) groups excluding carboxylic acids is 1. The zero-order valence-electron chi connectivity index (χ0n) is 10.8. The third-order valence-corrected chi connectivity index (χ3v) is 2.55. The molecule has 100 valence electrons. The fourth-order valence-corrected chi connectivity index (χ4v) is 1.63. The van der Waals surface area contributed by atoms with E-state index >= 15 is 0 Å². The van der Waals surface area contributed by atoms with Gasteiger partial charge in [0.15, 0.2) is 5.82 Å². The highest BCUT2D eigenvalue weighted by atomic mass is 16.6. The minimum Gasteiger partial charge on any atom is -0.444 e. The Hall–Kier alpha value is -1.63. The topological polar surface area (TPSA) is 94.5 Å². The Morgan fingerprint density at radius 3 is 2.72 bits per heavy atom. The maximum atomic E-state index is 11.7. The van der Waals surface area contributed by atoms with Crippen LogP contribution in [0.15, 0.2) is 4.52 Å². The van der Waals surface area contributed by atoms with Crippen molar-refractivity contribution in [3.8, 4) is 0 Å². The van der Waals surface area contributed by atoms with Gasteiger partial charge in [-0.25, -0.2) is 4.79 Å². The van der Waals surface area contributed by atoms with E-state index in [1.165, 1.54) is 0 Å². The minimum atomic E-state index is -0.473. The van der Waals surface area contributed by atoms with Crippen LogP contribution in [0.3, 0.4) is 0 Å². The predicted molar refractivity (Wildman–Crippen MR) is 62.7 cm³/mol. The van der Waals surface area contributed by atoms with Gasteiger partial charge in [-0.05, 0) is 20.8 Å². The molecular weight excluding hydrogens is 236 g/mol. The van der Waals surface area contributed by atoms with Crippen molar-refractivity contribution in [1.29, 1.82) is 0 Å². The highest BCUT2D eigenvalue weighted by Gasteiger charge is 2.37. The summed E-state index contributed by atoms with van der Waals surface area (Å²) in [7, 11) is 0. The van der Waals surface area contributed by atoms with Crippen LogP contribution in [0.2, 0.25) is 0 Å². The number of carbonyl (C=O) groups is 1. The Bertz CT molecular complexity index is 432. The third kappa shape index (κ3) is 2.79. The lowest BCUT2D eigenvalue weighted by Crippen LogP contribution is -2.50. The lowest BCUT2D eigenvalue weighted by Gasteiger charge is -2.37. The maximum absolute atomic E-state index is 11.7. The average molecular weight is 254 g/mol. The second-order valence-corrected chi connectivity index (χ2v) is 5.34. The van der Waals surface area contributed by atoms with Crippen molar-refractivity contribution in [3.63, 3.8) is 0 Å². The molecule has 0 bridgehead atoms. The van der Waals surface area contributed by atoms with Gasteiger partial charge in [0, 0.05) is 13.1 Å². The Morgan fingerprint density at radius 1 is 1.56 bits per heavy atom. The molecule has 1 aliphatic heterocycles. The van der Waals surface area contributed by atoms with Crippen LogP contribution < -0.4 is 5.73 Å². The van der Waals surface area contributed by atoms with Gasteiger partial charge in [0.05, 0.1) is 12.5 Å². The van der Waals surface area contributed by atoms with Crippen LogP contribution in [-0.2, 0) is 11.3 Å². The van der Waals surface area contributed by atoms with Crippen LogP contribution in [0.25, 0.3) is 0 Å². The maximum Gasteiger partial charge on any atom is 0.410 e. The Balaban J connectivity index is 1.85. The fraction of sp³-hybridized carbons (Fsp3) is 0.727. The highest BCUT2D eigenvalue weighted by Crippen LogP contribution is 2.27. The van der Waals surface area contributed by atoms with Crippen LogP contribution in [0, 0.1) is 0 Å². The molecule has 0 radical (unpaired) electrons. The van der Waals surface area contributed by atoms with Gasteiger partial charge in [-0.1, -0.05) is 5.16 Å². The van der Waals surface area contributed by atoms with E-state index in [2.05, 4.69) is 10.1 Å². The number of aromatic nitrogens is 2. The molecular formula is C11H18N4O3. The van der Waals surface area contributed by atoms with Crippen LogP contribution in [0.5, 0.6) is 0 Å². The molecule has 0 unspecified atom stereocenters. The van der Waals surface area contributed by atoms with Crippen molar-refractivity contribution in [1.82, 2.24) is 15.0 Å². The van der Waals surface area contributed by atoms with Crippen molar-refractivity contribution >= 4 is 6.09 Å². The van der Waals surface area contributed by atoms with E-state index in [4.69, 9.17) is 15.0 Å². The summed E-state index contributed by atoms with van der Waals surface area (Å²) in [6.07, 6.45) is -0.308. The number of likely N-dealkylation sites (tertiary alicyclic amines) is 1. The average Bonchev–Trinajstić information content (AvgIpc) is 2.60. The molecule has 2 N–H and O–H groups in total. The standard InChI is InChI=1S/C11H18N4O3/c1-11(2,3)17-10(16)15-5-7(6-15)9-13-8(4-12)14-18-9/h7H,4-6,12H2,1-3H3. The van der Waals surface area contributed by atoms with Crippen LogP contribution in [-0.4, -0.2) is 39.8 Å². The van der Waals surface area contributed by atoms with Gasteiger partial charge in [0.1, 0.15) is 5.60 Å². The zero-order chi connectivity index (χ0) is 13.3.